The molecule has 1 saturated heterocycles. The fourth-order valence-electron chi connectivity index (χ4n) is 3.35. The zero-order valence-corrected chi connectivity index (χ0v) is 14.1. The van der Waals surface area contributed by atoms with Crippen LogP contribution in [0.5, 0.6) is 0 Å². The number of aryl methyl sites for hydroxylation is 1. The fraction of sp³-hybridized carbons (Fsp3) is 0.316. The van der Waals surface area contributed by atoms with E-state index in [9.17, 15) is 9.18 Å². The van der Waals surface area contributed by atoms with Crippen LogP contribution in [-0.2, 0) is 7.05 Å². The molecule has 4 rings (SSSR count). The lowest BCUT2D eigenvalue weighted by molar-refractivity contribution is 0.0726. The van der Waals surface area contributed by atoms with Gasteiger partial charge < -0.3 is 4.90 Å². The number of piperidine rings is 1. The Morgan fingerprint density at radius 3 is 2.72 bits per heavy atom. The number of pyridine rings is 1. The predicted octanol–water partition coefficient (Wildman–Crippen LogP) is 3.40. The first kappa shape index (κ1) is 15.7. The Hall–Kier alpha value is -2.76. The highest BCUT2D eigenvalue weighted by Gasteiger charge is 2.23. The fourth-order valence-corrected chi connectivity index (χ4v) is 3.35. The number of fused-ring (bicyclic) bond motifs is 1. The molecule has 0 radical (unpaired) electrons. The number of amides is 1. The van der Waals surface area contributed by atoms with Crippen LogP contribution >= 0.6 is 0 Å². The Balaban J connectivity index is 1.86. The van der Waals surface area contributed by atoms with Gasteiger partial charge in [0, 0.05) is 25.7 Å². The van der Waals surface area contributed by atoms with Crippen molar-refractivity contribution in [3.8, 4) is 11.3 Å². The Morgan fingerprint density at radius 1 is 1.16 bits per heavy atom. The summed E-state index contributed by atoms with van der Waals surface area (Å²) in [7, 11) is 1.79. The number of carbonyl (C=O) groups excluding carboxylic acids is 1. The van der Waals surface area contributed by atoms with Crippen molar-refractivity contribution in [1.82, 2.24) is 19.7 Å². The second kappa shape index (κ2) is 6.27. The van der Waals surface area contributed by atoms with Crippen LogP contribution in [-0.4, -0.2) is 38.7 Å². The van der Waals surface area contributed by atoms with Crippen LogP contribution in [0.1, 0.15) is 29.6 Å². The van der Waals surface area contributed by atoms with E-state index in [1.54, 1.807) is 36.1 Å². The number of halogens is 1. The SMILES string of the molecule is Cn1ncc2c(C(=O)N3CCCCC3)cc(-c3cccc(F)c3)nc21. The van der Waals surface area contributed by atoms with Crippen molar-refractivity contribution in [1.29, 1.82) is 0 Å². The molecule has 1 amide bonds. The van der Waals surface area contributed by atoms with Crippen LogP contribution in [0.2, 0.25) is 0 Å². The van der Waals surface area contributed by atoms with Crippen LogP contribution in [0.4, 0.5) is 4.39 Å². The second-order valence-electron chi connectivity index (χ2n) is 6.42. The third kappa shape index (κ3) is 2.88. The number of carbonyl (C=O) groups is 1. The van der Waals surface area contributed by atoms with E-state index in [0.717, 1.165) is 37.7 Å². The van der Waals surface area contributed by atoms with E-state index in [1.807, 2.05) is 4.90 Å². The van der Waals surface area contributed by atoms with Gasteiger partial charge >= 0.3 is 0 Å². The maximum atomic E-state index is 13.6. The normalized spacial score (nSPS) is 14.9. The molecule has 25 heavy (non-hydrogen) atoms. The van der Waals surface area contributed by atoms with Crippen molar-refractivity contribution in [2.45, 2.75) is 19.3 Å². The molecule has 3 aromatic rings. The maximum absolute atomic E-state index is 13.6. The Bertz CT molecular complexity index is 944. The lowest BCUT2D eigenvalue weighted by atomic mass is 10.0. The summed E-state index contributed by atoms with van der Waals surface area (Å²) < 4.78 is 15.3. The third-order valence-electron chi connectivity index (χ3n) is 4.70. The zero-order chi connectivity index (χ0) is 17.4. The molecule has 0 N–H and O–H groups in total. The molecule has 0 bridgehead atoms. The van der Waals surface area contributed by atoms with Gasteiger partial charge in [-0.05, 0) is 37.5 Å². The van der Waals surface area contributed by atoms with Gasteiger partial charge in [0.2, 0.25) is 0 Å². The van der Waals surface area contributed by atoms with E-state index in [4.69, 9.17) is 0 Å². The average Bonchev–Trinajstić information content (AvgIpc) is 3.02. The van der Waals surface area contributed by atoms with E-state index < -0.39 is 0 Å². The summed E-state index contributed by atoms with van der Waals surface area (Å²) in [4.78, 5) is 19.5. The van der Waals surface area contributed by atoms with Crippen LogP contribution in [0.25, 0.3) is 22.3 Å². The Labute approximate surface area is 145 Å². The molecule has 1 aliphatic rings. The molecule has 5 nitrogen and oxygen atoms in total. The number of hydrogen-bond donors (Lipinski definition) is 0. The summed E-state index contributed by atoms with van der Waals surface area (Å²) in [5, 5.41) is 4.98. The molecule has 0 saturated carbocycles. The lowest BCUT2D eigenvalue weighted by Gasteiger charge is -2.27. The molecule has 0 spiro atoms. The highest BCUT2D eigenvalue weighted by molar-refractivity contribution is 6.06. The van der Waals surface area contributed by atoms with Gasteiger partial charge in [-0.2, -0.15) is 5.10 Å². The smallest absolute Gasteiger partial charge is 0.254 e. The first-order valence-corrected chi connectivity index (χ1v) is 8.51. The van der Waals surface area contributed by atoms with Gasteiger partial charge in [0.25, 0.3) is 5.91 Å². The monoisotopic (exact) mass is 338 g/mol. The summed E-state index contributed by atoms with van der Waals surface area (Å²) in [5.41, 5.74) is 2.44. The minimum Gasteiger partial charge on any atom is -0.339 e. The van der Waals surface area contributed by atoms with E-state index in [-0.39, 0.29) is 11.7 Å². The van der Waals surface area contributed by atoms with Crippen LogP contribution in [0.15, 0.2) is 36.5 Å². The Morgan fingerprint density at radius 2 is 1.96 bits per heavy atom. The van der Waals surface area contributed by atoms with Crippen molar-refractivity contribution in [2.24, 2.45) is 7.05 Å². The van der Waals surface area contributed by atoms with Crippen molar-refractivity contribution < 1.29 is 9.18 Å². The standard InChI is InChI=1S/C19H19FN4O/c1-23-18-16(12-21-23)15(19(25)24-8-3-2-4-9-24)11-17(22-18)13-6-5-7-14(20)10-13/h5-7,10-12H,2-4,8-9H2,1H3. The largest absolute Gasteiger partial charge is 0.339 e. The molecule has 0 aliphatic carbocycles. The quantitative estimate of drug-likeness (QED) is 0.719. The maximum Gasteiger partial charge on any atom is 0.254 e. The molecule has 128 valence electrons. The number of rotatable bonds is 2. The number of aromatic nitrogens is 3. The number of nitrogens with zero attached hydrogens (tertiary/aromatic N) is 4. The minimum absolute atomic E-state index is 0.00208. The van der Waals surface area contributed by atoms with E-state index in [1.165, 1.54) is 12.1 Å². The van der Waals surface area contributed by atoms with Gasteiger partial charge in [0.05, 0.1) is 22.8 Å². The summed E-state index contributed by atoms with van der Waals surface area (Å²) in [6, 6.07) is 8.02. The van der Waals surface area contributed by atoms with Gasteiger partial charge in [-0.3, -0.25) is 9.48 Å². The van der Waals surface area contributed by atoms with Crippen LogP contribution < -0.4 is 0 Å². The minimum atomic E-state index is -0.326. The van der Waals surface area contributed by atoms with Gasteiger partial charge in [-0.15, -0.1) is 0 Å². The molecular weight excluding hydrogens is 319 g/mol. The predicted molar refractivity (Wildman–Crippen MR) is 93.7 cm³/mol. The van der Waals surface area contributed by atoms with Crippen LogP contribution in [0.3, 0.4) is 0 Å². The summed E-state index contributed by atoms with van der Waals surface area (Å²) >= 11 is 0. The highest BCUT2D eigenvalue weighted by Crippen LogP contribution is 2.26. The second-order valence-corrected chi connectivity index (χ2v) is 6.42. The van der Waals surface area contributed by atoms with Gasteiger partial charge in [0.15, 0.2) is 5.65 Å². The number of hydrogen-bond acceptors (Lipinski definition) is 3. The van der Waals surface area contributed by atoms with E-state index >= 15 is 0 Å². The summed E-state index contributed by atoms with van der Waals surface area (Å²) in [6.07, 6.45) is 4.90. The summed E-state index contributed by atoms with van der Waals surface area (Å²) in [5.74, 6) is -0.328. The molecule has 1 aliphatic heterocycles. The average molecular weight is 338 g/mol. The van der Waals surface area contributed by atoms with Crippen molar-refractivity contribution in [3.05, 3.63) is 47.9 Å². The van der Waals surface area contributed by atoms with Crippen molar-refractivity contribution in [2.75, 3.05) is 13.1 Å². The molecule has 0 atom stereocenters. The van der Waals surface area contributed by atoms with Crippen molar-refractivity contribution >= 4 is 16.9 Å². The molecule has 1 aromatic carbocycles. The molecule has 3 heterocycles. The topological polar surface area (TPSA) is 51.0 Å². The molecular formula is C19H19FN4O. The third-order valence-corrected chi connectivity index (χ3v) is 4.70. The highest BCUT2D eigenvalue weighted by atomic mass is 19.1. The molecule has 0 unspecified atom stereocenters. The molecule has 6 heteroatoms. The van der Waals surface area contributed by atoms with Crippen LogP contribution in [0, 0.1) is 5.82 Å². The van der Waals surface area contributed by atoms with E-state index in [0.29, 0.717) is 22.5 Å². The lowest BCUT2D eigenvalue weighted by Crippen LogP contribution is -2.35. The molecule has 2 aromatic heterocycles. The summed E-state index contributed by atoms with van der Waals surface area (Å²) in [6.45, 7) is 1.55. The van der Waals surface area contributed by atoms with Gasteiger partial charge in [-0.25, -0.2) is 9.37 Å². The van der Waals surface area contributed by atoms with Crippen molar-refractivity contribution in [3.63, 3.8) is 0 Å². The number of likely N-dealkylation sites (tertiary alicyclic amines) is 1. The molecule has 1 fully saturated rings. The van der Waals surface area contributed by atoms with E-state index in [2.05, 4.69) is 10.1 Å². The Kier molecular flexibility index (Phi) is 3.95. The first-order chi connectivity index (χ1) is 12.1. The van der Waals surface area contributed by atoms with Gasteiger partial charge in [-0.1, -0.05) is 12.1 Å². The first-order valence-electron chi connectivity index (χ1n) is 8.51. The van der Waals surface area contributed by atoms with Gasteiger partial charge in [0.1, 0.15) is 5.82 Å². The number of benzene rings is 1. The zero-order valence-electron chi connectivity index (χ0n) is 14.1.